The lowest BCUT2D eigenvalue weighted by atomic mass is 9.95. The average molecular weight is 446 g/mol. The quantitative estimate of drug-likeness (QED) is 0.782. The van der Waals surface area contributed by atoms with Crippen LogP contribution in [0.4, 0.5) is 4.39 Å². The molecule has 2 aromatic rings. The zero-order chi connectivity index (χ0) is 22.1. The van der Waals surface area contributed by atoms with E-state index in [0.717, 1.165) is 28.3 Å². The largest absolute Gasteiger partial charge is 0.349 e. The van der Waals surface area contributed by atoms with Crippen LogP contribution < -0.4 is 5.32 Å². The van der Waals surface area contributed by atoms with Gasteiger partial charge in [-0.1, -0.05) is 0 Å². The van der Waals surface area contributed by atoms with Gasteiger partial charge in [-0.3, -0.25) is 9.48 Å². The molecule has 31 heavy (non-hydrogen) atoms. The van der Waals surface area contributed by atoms with Gasteiger partial charge in [0, 0.05) is 44.2 Å². The van der Waals surface area contributed by atoms with Crippen LogP contribution in [0.1, 0.15) is 34.0 Å². The molecule has 0 saturated carbocycles. The van der Waals surface area contributed by atoms with E-state index in [1.165, 1.54) is 0 Å². The summed E-state index contributed by atoms with van der Waals surface area (Å²) in [7, 11) is 3.65. The molecule has 0 aromatic carbocycles. The van der Waals surface area contributed by atoms with Gasteiger partial charge in [-0.05, 0) is 32.3 Å². The molecule has 1 saturated heterocycles. The Morgan fingerprint density at radius 2 is 2.06 bits per heavy atom. The van der Waals surface area contributed by atoms with Gasteiger partial charge in [0.05, 0.1) is 30.0 Å². The zero-order valence-corrected chi connectivity index (χ0v) is 19.2. The standard InChI is InChI=1S/C21H28FN7OS/c1-13-9-25-28(4)19(13)18-17(22)11-24-21(26-18)29-7-5-15(6-8-29)20(30)27(3)12-16-10-23-14(2)31-16/h9-10,15H,5-8,11-12H2,1-4H3,(H,24,26). The van der Waals surface area contributed by atoms with Crippen molar-refractivity contribution < 1.29 is 9.18 Å². The highest BCUT2D eigenvalue weighted by molar-refractivity contribution is 7.11. The van der Waals surface area contributed by atoms with Crippen LogP contribution in [0.3, 0.4) is 0 Å². The summed E-state index contributed by atoms with van der Waals surface area (Å²) in [5, 5.41) is 8.30. The number of aliphatic imine (C=N–C) groups is 1. The Hall–Kier alpha value is -2.75. The molecule has 166 valence electrons. The predicted octanol–water partition coefficient (Wildman–Crippen LogP) is 2.46. The van der Waals surface area contributed by atoms with Crippen molar-refractivity contribution in [2.24, 2.45) is 18.0 Å². The van der Waals surface area contributed by atoms with E-state index in [4.69, 9.17) is 0 Å². The molecule has 0 spiro atoms. The number of hydrogen-bond donors (Lipinski definition) is 1. The van der Waals surface area contributed by atoms with Gasteiger partial charge in [0.15, 0.2) is 5.96 Å². The van der Waals surface area contributed by atoms with Crippen LogP contribution >= 0.6 is 11.3 Å². The molecule has 2 aliphatic rings. The third-order valence-electron chi connectivity index (χ3n) is 5.80. The number of nitrogens with zero attached hydrogens (tertiary/aromatic N) is 6. The van der Waals surface area contributed by atoms with Crippen molar-refractivity contribution in [1.82, 2.24) is 29.9 Å². The van der Waals surface area contributed by atoms with E-state index in [0.29, 0.717) is 37.0 Å². The summed E-state index contributed by atoms with van der Waals surface area (Å²) in [5.41, 5.74) is 1.92. The summed E-state index contributed by atoms with van der Waals surface area (Å²) in [5.74, 6) is 0.531. The number of aryl methyl sites for hydroxylation is 3. The summed E-state index contributed by atoms with van der Waals surface area (Å²) in [4.78, 5) is 26.7. The number of piperidine rings is 1. The summed E-state index contributed by atoms with van der Waals surface area (Å²) in [6.07, 6.45) is 5.05. The summed E-state index contributed by atoms with van der Waals surface area (Å²) < 4.78 is 16.2. The first-order chi connectivity index (χ1) is 14.8. The molecule has 1 amide bonds. The molecule has 2 aliphatic heterocycles. The number of carbonyl (C=O) groups excluding carboxylic acids is 1. The van der Waals surface area contributed by atoms with Crippen molar-refractivity contribution in [1.29, 1.82) is 0 Å². The number of halogens is 1. The normalized spacial score (nSPS) is 17.6. The Kier molecular flexibility index (Phi) is 6.08. The van der Waals surface area contributed by atoms with E-state index in [1.807, 2.05) is 27.1 Å². The van der Waals surface area contributed by atoms with Crippen molar-refractivity contribution >= 4 is 28.9 Å². The number of rotatable bonds is 4. The van der Waals surface area contributed by atoms with Gasteiger partial charge in [0.2, 0.25) is 5.91 Å². The highest BCUT2D eigenvalue weighted by atomic mass is 32.1. The van der Waals surface area contributed by atoms with Crippen molar-refractivity contribution in [3.63, 3.8) is 0 Å². The molecule has 0 unspecified atom stereocenters. The molecule has 0 bridgehead atoms. The van der Waals surface area contributed by atoms with E-state index in [9.17, 15) is 9.18 Å². The van der Waals surface area contributed by atoms with Crippen molar-refractivity contribution in [3.05, 3.63) is 39.4 Å². The van der Waals surface area contributed by atoms with Gasteiger partial charge in [0.25, 0.3) is 0 Å². The molecule has 4 rings (SSSR count). The minimum absolute atomic E-state index is 0.00877. The topological polar surface area (TPSA) is 78.7 Å². The van der Waals surface area contributed by atoms with E-state index in [-0.39, 0.29) is 24.2 Å². The summed E-state index contributed by atoms with van der Waals surface area (Å²) in [6.45, 7) is 5.98. The Bertz CT molecular complexity index is 1010. The number of nitrogens with one attached hydrogen (secondary N) is 1. The van der Waals surface area contributed by atoms with Crippen LogP contribution in [0, 0.1) is 19.8 Å². The van der Waals surface area contributed by atoms with Crippen molar-refractivity contribution in [2.45, 2.75) is 33.2 Å². The smallest absolute Gasteiger partial charge is 0.225 e. The molecule has 1 fully saturated rings. The van der Waals surface area contributed by atoms with E-state index in [1.54, 1.807) is 34.2 Å². The van der Waals surface area contributed by atoms with Crippen LogP contribution in [0.15, 0.2) is 23.2 Å². The Morgan fingerprint density at radius 1 is 1.32 bits per heavy atom. The first-order valence-corrected chi connectivity index (χ1v) is 11.3. The monoisotopic (exact) mass is 445 g/mol. The number of thiazole rings is 1. The van der Waals surface area contributed by atoms with Crippen molar-refractivity contribution in [2.75, 3.05) is 26.7 Å². The van der Waals surface area contributed by atoms with Crippen molar-refractivity contribution in [3.8, 4) is 0 Å². The van der Waals surface area contributed by atoms with Gasteiger partial charge in [-0.2, -0.15) is 5.10 Å². The van der Waals surface area contributed by atoms with Gasteiger partial charge >= 0.3 is 0 Å². The molecular formula is C21H28FN7OS. The van der Waals surface area contributed by atoms with E-state index in [2.05, 4.69) is 25.3 Å². The van der Waals surface area contributed by atoms with Crippen LogP contribution in [-0.2, 0) is 18.4 Å². The second-order valence-electron chi connectivity index (χ2n) is 8.14. The number of aromatic nitrogens is 3. The minimum Gasteiger partial charge on any atom is -0.349 e. The molecule has 1 N–H and O–H groups in total. The summed E-state index contributed by atoms with van der Waals surface area (Å²) in [6, 6.07) is 0. The fourth-order valence-corrected chi connectivity index (χ4v) is 4.99. The minimum atomic E-state index is -0.291. The Balaban J connectivity index is 1.39. The maximum atomic E-state index is 14.5. The third-order valence-corrected chi connectivity index (χ3v) is 6.70. The molecule has 0 radical (unpaired) electrons. The van der Waals surface area contributed by atoms with Gasteiger partial charge in [-0.25, -0.2) is 14.4 Å². The van der Waals surface area contributed by atoms with E-state index >= 15 is 0 Å². The lowest BCUT2D eigenvalue weighted by Crippen LogP contribution is -2.49. The molecule has 10 heteroatoms. The van der Waals surface area contributed by atoms with Gasteiger partial charge in [0.1, 0.15) is 11.5 Å². The Labute approximate surface area is 185 Å². The number of carbonyl (C=O) groups is 1. The molecule has 8 nitrogen and oxygen atoms in total. The highest BCUT2D eigenvalue weighted by Crippen LogP contribution is 2.28. The fraction of sp³-hybridized carbons (Fsp3) is 0.524. The second kappa shape index (κ2) is 8.78. The predicted molar refractivity (Wildman–Crippen MR) is 119 cm³/mol. The van der Waals surface area contributed by atoms with Crippen LogP contribution in [0.2, 0.25) is 0 Å². The second-order valence-corrected chi connectivity index (χ2v) is 9.46. The highest BCUT2D eigenvalue weighted by Gasteiger charge is 2.30. The van der Waals surface area contributed by atoms with Crippen LogP contribution in [0.25, 0.3) is 5.70 Å². The maximum absolute atomic E-state index is 14.5. The maximum Gasteiger partial charge on any atom is 0.225 e. The Morgan fingerprint density at radius 3 is 2.68 bits per heavy atom. The SMILES string of the molecule is Cc1ncc(CN(C)C(=O)C2CCN(C3=NC(c4c(C)cnn4C)=C(F)CN3)CC2)s1. The first-order valence-electron chi connectivity index (χ1n) is 10.4. The first kappa shape index (κ1) is 21.5. The average Bonchev–Trinajstić information content (AvgIpc) is 3.32. The fourth-order valence-electron chi connectivity index (χ4n) is 4.14. The van der Waals surface area contributed by atoms with E-state index < -0.39 is 0 Å². The van der Waals surface area contributed by atoms with Gasteiger partial charge in [-0.15, -0.1) is 11.3 Å². The summed E-state index contributed by atoms with van der Waals surface area (Å²) >= 11 is 1.62. The van der Waals surface area contributed by atoms with Crippen LogP contribution in [0.5, 0.6) is 0 Å². The number of guanidine groups is 1. The zero-order valence-electron chi connectivity index (χ0n) is 18.4. The molecule has 2 aromatic heterocycles. The number of likely N-dealkylation sites (tertiary alicyclic amines) is 1. The molecule has 0 atom stereocenters. The molecule has 4 heterocycles. The third kappa shape index (κ3) is 4.48. The van der Waals surface area contributed by atoms with Crippen LogP contribution in [-0.4, -0.2) is 63.1 Å². The molecule has 0 aliphatic carbocycles. The molecular weight excluding hydrogens is 417 g/mol. The lowest BCUT2D eigenvalue weighted by molar-refractivity contribution is -0.135. The number of amides is 1. The lowest BCUT2D eigenvalue weighted by Gasteiger charge is -2.36. The van der Waals surface area contributed by atoms with Gasteiger partial charge < -0.3 is 15.1 Å². The number of hydrogen-bond acceptors (Lipinski definition) is 7.